The van der Waals surface area contributed by atoms with Gasteiger partial charge in [-0.3, -0.25) is 9.78 Å². The first-order valence-electron chi connectivity index (χ1n) is 9.78. The molecule has 3 aromatic heterocycles. The number of nitrogens with zero attached hydrogens (tertiary/aromatic N) is 5. The van der Waals surface area contributed by atoms with E-state index in [0.717, 1.165) is 34.4 Å². The third kappa shape index (κ3) is 3.87. The minimum Gasteiger partial charge on any atom is -0.484 e. The molecule has 152 valence electrons. The third-order valence-corrected chi connectivity index (χ3v) is 4.85. The lowest BCUT2D eigenvalue weighted by atomic mass is 10.2. The van der Waals surface area contributed by atoms with E-state index in [2.05, 4.69) is 11.9 Å². The number of carbonyl (C=O) groups excluding carboxylic acids is 1. The third-order valence-electron chi connectivity index (χ3n) is 4.85. The maximum Gasteiger partial charge on any atom is 0.259 e. The molecular formula is C23H23N5O2. The Morgan fingerprint density at radius 1 is 1.10 bits per heavy atom. The zero-order valence-electron chi connectivity index (χ0n) is 17.2. The minimum absolute atomic E-state index is 0.00275. The number of aromatic nitrogens is 4. The summed E-state index contributed by atoms with van der Waals surface area (Å²) in [5.74, 6) is 1.21. The molecule has 0 atom stereocenters. The van der Waals surface area contributed by atoms with Gasteiger partial charge in [-0.2, -0.15) is 0 Å². The molecule has 0 fully saturated rings. The van der Waals surface area contributed by atoms with E-state index in [1.807, 2.05) is 53.2 Å². The SMILES string of the molecule is CCc1nc(-c2ccncc2)nc2c1ccn2-c1cccc(OCC(=O)N(C)C)c1. The van der Waals surface area contributed by atoms with Gasteiger partial charge in [-0.05, 0) is 36.8 Å². The van der Waals surface area contributed by atoms with Crippen molar-refractivity contribution in [3.63, 3.8) is 0 Å². The van der Waals surface area contributed by atoms with Crippen molar-refractivity contribution in [2.45, 2.75) is 13.3 Å². The highest BCUT2D eigenvalue weighted by Crippen LogP contribution is 2.26. The van der Waals surface area contributed by atoms with Gasteiger partial charge in [0.1, 0.15) is 11.4 Å². The fraction of sp³-hybridized carbons (Fsp3) is 0.217. The summed E-state index contributed by atoms with van der Waals surface area (Å²) in [6.07, 6.45) is 6.27. The molecule has 0 saturated carbocycles. The topological polar surface area (TPSA) is 73.1 Å². The van der Waals surface area contributed by atoms with Crippen molar-refractivity contribution in [3.8, 4) is 22.8 Å². The summed E-state index contributed by atoms with van der Waals surface area (Å²) < 4.78 is 7.69. The van der Waals surface area contributed by atoms with Gasteiger partial charge in [-0.25, -0.2) is 9.97 Å². The van der Waals surface area contributed by atoms with E-state index >= 15 is 0 Å². The van der Waals surface area contributed by atoms with Crippen LogP contribution >= 0.6 is 0 Å². The number of hydrogen-bond donors (Lipinski definition) is 0. The van der Waals surface area contributed by atoms with Crippen LogP contribution < -0.4 is 4.74 Å². The number of amides is 1. The first-order chi connectivity index (χ1) is 14.6. The second-order valence-corrected chi connectivity index (χ2v) is 7.08. The van der Waals surface area contributed by atoms with Crippen molar-refractivity contribution < 1.29 is 9.53 Å². The van der Waals surface area contributed by atoms with Gasteiger partial charge in [-0.1, -0.05) is 13.0 Å². The number of fused-ring (bicyclic) bond motifs is 1. The maximum absolute atomic E-state index is 11.8. The van der Waals surface area contributed by atoms with Crippen molar-refractivity contribution in [2.24, 2.45) is 0 Å². The molecular weight excluding hydrogens is 378 g/mol. The largest absolute Gasteiger partial charge is 0.484 e. The van der Waals surface area contributed by atoms with Crippen molar-refractivity contribution in [3.05, 3.63) is 66.7 Å². The van der Waals surface area contributed by atoms with Crippen molar-refractivity contribution in [2.75, 3.05) is 20.7 Å². The molecule has 0 aliphatic rings. The van der Waals surface area contributed by atoms with Crippen LogP contribution in [0.4, 0.5) is 0 Å². The van der Waals surface area contributed by atoms with Gasteiger partial charge >= 0.3 is 0 Å². The fourth-order valence-electron chi connectivity index (χ4n) is 3.18. The van der Waals surface area contributed by atoms with E-state index in [9.17, 15) is 4.79 Å². The summed E-state index contributed by atoms with van der Waals surface area (Å²) in [7, 11) is 3.42. The van der Waals surface area contributed by atoms with E-state index < -0.39 is 0 Å². The van der Waals surface area contributed by atoms with Crippen LogP contribution in [0.1, 0.15) is 12.6 Å². The zero-order valence-corrected chi connectivity index (χ0v) is 17.2. The first kappa shape index (κ1) is 19.6. The normalized spacial score (nSPS) is 10.9. The molecule has 0 bridgehead atoms. The second-order valence-electron chi connectivity index (χ2n) is 7.08. The van der Waals surface area contributed by atoms with Crippen LogP contribution in [0.3, 0.4) is 0 Å². The lowest BCUT2D eigenvalue weighted by Gasteiger charge is -2.13. The monoisotopic (exact) mass is 401 g/mol. The Hall–Kier alpha value is -3.74. The summed E-state index contributed by atoms with van der Waals surface area (Å²) in [6.45, 7) is 2.09. The summed E-state index contributed by atoms with van der Waals surface area (Å²) in [6, 6.07) is 13.5. The Balaban J connectivity index is 1.74. The lowest BCUT2D eigenvalue weighted by molar-refractivity contribution is -0.130. The van der Waals surface area contributed by atoms with Crippen LogP contribution in [0.5, 0.6) is 5.75 Å². The summed E-state index contributed by atoms with van der Waals surface area (Å²) in [4.78, 5) is 27.0. The highest BCUT2D eigenvalue weighted by Gasteiger charge is 2.14. The molecule has 7 nitrogen and oxygen atoms in total. The van der Waals surface area contributed by atoms with Crippen molar-refractivity contribution in [1.29, 1.82) is 0 Å². The highest BCUT2D eigenvalue weighted by atomic mass is 16.5. The molecule has 30 heavy (non-hydrogen) atoms. The van der Waals surface area contributed by atoms with Gasteiger partial charge < -0.3 is 14.2 Å². The van der Waals surface area contributed by atoms with Gasteiger partial charge in [-0.15, -0.1) is 0 Å². The van der Waals surface area contributed by atoms with E-state index in [1.54, 1.807) is 26.5 Å². The van der Waals surface area contributed by atoms with E-state index in [-0.39, 0.29) is 12.5 Å². The van der Waals surface area contributed by atoms with E-state index in [4.69, 9.17) is 14.7 Å². The number of carbonyl (C=O) groups is 1. The Labute approximate surface area is 175 Å². The molecule has 7 heteroatoms. The Kier molecular flexibility index (Phi) is 5.43. The number of pyridine rings is 1. The van der Waals surface area contributed by atoms with Gasteiger partial charge in [0.2, 0.25) is 0 Å². The molecule has 0 unspecified atom stereocenters. The highest BCUT2D eigenvalue weighted by molar-refractivity contribution is 5.82. The maximum atomic E-state index is 11.8. The van der Waals surface area contributed by atoms with E-state index in [1.165, 1.54) is 4.90 Å². The van der Waals surface area contributed by atoms with Crippen LogP contribution in [0.15, 0.2) is 61.1 Å². The number of likely N-dealkylation sites (N-methyl/N-ethyl adjacent to an activating group) is 1. The van der Waals surface area contributed by atoms with Crippen LogP contribution in [-0.4, -0.2) is 51.0 Å². The average Bonchev–Trinajstić information content (AvgIpc) is 3.21. The molecule has 0 aliphatic heterocycles. The summed E-state index contributed by atoms with van der Waals surface area (Å²) in [5.41, 5.74) is 3.65. The van der Waals surface area contributed by atoms with Crippen LogP contribution in [0.25, 0.3) is 28.1 Å². The van der Waals surface area contributed by atoms with Crippen LogP contribution in [-0.2, 0) is 11.2 Å². The van der Waals surface area contributed by atoms with Crippen molar-refractivity contribution >= 4 is 16.9 Å². The first-order valence-corrected chi connectivity index (χ1v) is 9.78. The molecule has 0 N–H and O–H groups in total. The second kappa shape index (κ2) is 8.32. The number of ether oxygens (including phenoxy) is 1. The fourth-order valence-corrected chi connectivity index (χ4v) is 3.18. The molecule has 0 aliphatic carbocycles. The molecule has 1 amide bonds. The summed E-state index contributed by atoms with van der Waals surface area (Å²) in [5, 5.41) is 1.02. The van der Waals surface area contributed by atoms with E-state index in [0.29, 0.717) is 11.6 Å². The van der Waals surface area contributed by atoms with Gasteiger partial charge in [0.15, 0.2) is 12.4 Å². The Bertz CT molecular complexity index is 1180. The van der Waals surface area contributed by atoms with Crippen molar-refractivity contribution in [1.82, 2.24) is 24.4 Å². The van der Waals surface area contributed by atoms with Gasteiger partial charge in [0.25, 0.3) is 5.91 Å². The molecule has 0 saturated heterocycles. The Morgan fingerprint density at radius 3 is 2.63 bits per heavy atom. The quantitative estimate of drug-likeness (QED) is 0.494. The molecule has 0 radical (unpaired) electrons. The van der Waals surface area contributed by atoms with Crippen LogP contribution in [0.2, 0.25) is 0 Å². The predicted octanol–water partition coefficient (Wildman–Crippen LogP) is 3.51. The number of aryl methyl sites for hydroxylation is 1. The zero-order chi connectivity index (χ0) is 21.1. The molecule has 4 rings (SSSR count). The number of benzene rings is 1. The molecule has 4 aromatic rings. The molecule has 1 aromatic carbocycles. The molecule has 0 spiro atoms. The van der Waals surface area contributed by atoms with Crippen LogP contribution in [0, 0.1) is 0 Å². The predicted molar refractivity (Wildman–Crippen MR) is 116 cm³/mol. The molecule has 3 heterocycles. The lowest BCUT2D eigenvalue weighted by Crippen LogP contribution is -2.27. The van der Waals surface area contributed by atoms with Gasteiger partial charge in [0, 0.05) is 49.7 Å². The van der Waals surface area contributed by atoms with Gasteiger partial charge in [0.05, 0.1) is 11.4 Å². The minimum atomic E-state index is -0.0888. The standard InChI is InChI=1S/C23H23N5O2/c1-4-20-19-10-13-28(23(19)26-22(25-20)16-8-11-24-12-9-16)17-6-5-7-18(14-17)30-15-21(29)27(2)3/h5-14H,4,15H2,1-3H3. The smallest absolute Gasteiger partial charge is 0.259 e. The number of hydrogen-bond acceptors (Lipinski definition) is 5. The Morgan fingerprint density at radius 2 is 1.90 bits per heavy atom. The number of rotatable bonds is 6. The average molecular weight is 401 g/mol. The summed E-state index contributed by atoms with van der Waals surface area (Å²) >= 11 is 0.